The topological polar surface area (TPSA) is 92.3 Å². The second-order valence-corrected chi connectivity index (χ2v) is 7.52. The molecule has 0 radical (unpaired) electrons. The third kappa shape index (κ3) is 3.60. The zero-order chi connectivity index (χ0) is 17.0. The number of anilines is 1. The van der Waals surface area contributed by atoms with E-state index in [0.29, 0.717) is 48.6 Å². The molecule has 2 heterocycles. The summed E-state index contributed by atoms with van der Waals surface area (Å²) in [5, 5.41) is 3.24. The standard InChI is InChI=1S/C16H18N4O3S/c21-11-14-10-16(18-12-17-14)19-13-6-8-20(9-7-13)24(22,23)15-4-2-1-3-5-15/h1-5,10-13H,6-9H2,(H,17,18,19). The highest BCUT2D eigenvalue weighted by molar-refractivity contribution is 7.89. The van der Waals surface area contributed by atoms with E-state index in [2.05, 4.69) is 15.3 Å². The molecule has 24 heavy (non-hydrogen) atoms. The summed E-state index contributed by atoms with van der Waals surface area (Å²) in [6.07, 6.45) is 3.35. The van der Waals surface area contributed by atoms with Gasteiger partial charge in [-0.2, -0.15) is 4.31 Å². The highest BCUT2D eigenvalue weighted by Crippen LogP contribution is 2.22. The quantitative estimate of drug-likeness (QED) is 0.826. The molecular formula is C16H18N4O3S. The minimum Gasteiger partial charge on any atom is -0.367 e. The number of nitrogens with one attached hydrogen (secondary N) is 1. The molecule has 1 N–H and O–H groups in total. The molecule has 126 valence electrons. The number of carbonyl (C=O) groups is 1. The van der Waals surface area contributed by atoms with E-state index >= 15 is 0 Å². The molecule has 0 atom stereocenters. The normalized spacial score (nSPS) is 16.7. The van der Waals surface area contributed by atoms with Crippen molar-refractivity contribution in [2.45, 2.75) is 23.8 Å². The third-order valence-electron chi connectivity index (χ3n) is 4.00. The van der Waals surface area contributed by atoms with E-state index in [1.54, 1.807) is 36.4 Å². The Labute approximate surface area is 140 Å². The van der Waals surface area contributed by atoms with Gasteiger partial charge < -0.3 is 5.32 Å². The maximum absolute atomic E-state index is 12.6. The molecule has 1 fully saturated rings. The zero-order valence-electron chi connectivity index (χ0n) is 13.0. The van der Waals surface area contributed by atoms with Gasteiger partial charge in [-0.25, -0.2) is 18.4 Å². The van der Waals surface area contributed by atoms with Crippen LogP contribution in [0.5, 0.6) is 0 Å². The SMILES string of the molecule is O=Cc1cc(NC2CCN(S(=O)(=O)c3ccccc3)CC2)ncn1. The van der Waals surface area contributed by atoms with Crippen LogP contribution < -0.4 is 5.32 Å². The van der Waals surface area contributed by atoms with Crippen molar-refractivity contribution in [1.82, 2.24) is 14.3 Å². The van der Waals surface area contributed by atoms with E-state index in [9.17, 15) is 13.2 Å². The van der Waals surface area contributed by atoms with Crippen molar-refractivity contribution in [3.63, 3.8) is 0 Å². The number of rotatable bonds is 5. The van der Waals surface area contributed by atoms with Gasteiger partial charge >= 0.3 is 0 Å². The van der Waals surface area contributed by atoms with Crippen LogP contribution in [0.2, 0.25) is 0 Å². The summed E-state index contributed by atoms with van der Waals surface area (Å²) >= 11 is 0. The number of aldehydes is 1. The fraction of sp³-hybridized carbons (Fsp3) is 0.312. The van der Waals surface area contributed by atoms with Crippen LogP contribution in [0.15, 0.2) is 47.6 Å². The van der Waals surface area contributed by atoms with E-state index in [-0.39, 0.29) is 6.04 Å². The van der Waals surface area contributed by atoms with Gasteiger partial charge in [0.25, 0.3) is 0 Å². The molecular weight excluding hydrogens is 328 g/mol. The van der Waals surface area contributed by atoms with Crippen LogP contribution in [0.3, 0.4) is 0 Å². The van der Waals surface area contributed by atoms with Crippen molar-refractivity contribution < 1.29 is 13.2 Å². The monoisotopic (exact) mass is 346 g/mol. The molecule has 0 spiro atoms. The van der Waals surface area contributed by atoms with Crippen LogP contribution in [0.25, 0.3) is 0 Å². The highest BCUT2D eigenvalue weighted by atomic mass is 32.2. The predicted octanol–water partition coefficient (Wildman–Crippen LogP) is 1.55. The zero-order valence-corrected chi connectivity index (χ0v) is 13.8. The number of nitrogens with zero attached hydrogens (tertiary/aromatic N) is 3. The number of hydrogen-bond donors (Lipinski definition) is 1. The molecule has 1 aliphatic heterocycles. The Morgan fingerprint density at radius 3 is 2.50 bits per heavy atom. The third-order valence-corrected chi connectivity index (χ3v) is 5.91. The van der Waals surface area contributed by atoms with Crippen LogP contribution in [0, 0.1) is 0 Å². The van der Waals surface area contributed by atoms with E-state index in [0.717, 1.165) is 0 Å². The Hall–Kier alpha value is -2.32. The van der Waals surface area contributed by atoms with E-state index in [4.69, 9.17) is 0 Å². The fourth-order valence-electron chi connectivity index (χ4n) is 2.71. The van der Waals surface area contributed by atoms with Crippen molar-refractivity contribution in [2.75, 3.05) is 18.4 Å². The molecule has 1 aromatic heterocycles. The molecule has 0 aliphatic carbocycles. The molecule has 8 heteroatoms. The van der Waals surface area contributed by atoms with Gasteiger partial charge in [0.15, 0.2) is 6.29 Å². The largest absolute Gasteiger partial charge is 0.367 e. The Morgan fingerprint density at radius 2 is 1.83 bits per heavy atom. The lowest BCUT2D eigenvalue weighted by molar-refractivity contribution is 0.111. The van der Waals surface area contributed by atoms with Crippen molar-refractivity contribution in [3.05, 3.63) is 48.4 Å². The summed E-state index contributed by atoms with van der Waals surface area (Å²) in [5.74, 6) is 0.580. The maximum Gasteiger partial charge on any atom is 0.243 e. The Morgan fingerprint density at radius 1 is 1.12 bits per heavy atom. The van der Waals surface area contributed by atoms with Crippen LogP contribution >= 0.6 is 0 Å². The van der Waals surface area contributed by atoms with Crippen molar-refractivity contribution in [2.24, 2.45) is 0 Å². The second kappa shape index (κ2) is 7.06. The smallest absolute Gasteiger partial charge is 0.243 e. The molecule has 2 aromatic rings. The molecule has 0 saturated carbocycles. The number of sulfonamides is 1. The number of hydrogen-bond acceptors (Lipinski definition) is 6. The van der Waals surface area contributed by atoms with Gasteiger partial charge in [-0.3, -0.25) is 4.79 Å². The maximum atomic E-state index is 12.6. The Balaban J connectivity index is 1.62. The van der Waals surface area contributed by atoms with Crippen molar-refractivity contribution in [3.8, 4) is 0 Å². The average Bonchev–Trinajstić information content (AvgIpc) is 2.63. The molecule has 0 bridgehead atoms. The second-order valence-electron chi connectivity index (χ2n) is 5.58. The van der Waals surface area contributed by atoms with Crippen LogP contribution in [-0.4, -0.2) is 48.1 Å². The summed E-state index contributed by atoms with van der Waals surface area (Å²) in [4.78, 5) is 19.0. The van der Waals surface area contributed by atoms with E-state index in [1.807, 2.05) is 0 Å². The van der Waals surface area contributed by atoms with Gasteiger partial charge in [-0.1, -0.05) is 18.2 Å². The summed E-state index contributed by atoms with van der Waals surface area (Å²) in [7, 11) is -3.44. The number of carbonyl (C=O) groups excluding carboxylic acids is 1. The number of piperidine rings is 1. The molecule has 1 aliphatic rings. The average molecular weight is 346 g/mol. The minimum absolute atomic E-state index is 0.113. The molecule has 7 nitrogen and oxygen atoms in total. The van der Waals surface area contributed by atoms with Gasteiger partial charge in [-0.05, 0) is 25.0 Å². The molecule has 0 amide bonds. The summed E-state index contributed by atoms with van der Waals surface area (Å²) in [5.41, 5.74) is 0.316. The fourth-order valence-corrected chi connectivity index (χ4v) is 4.20. The van der Waals surface area contributed by atoms with E-state index in [1.165, 1.54) is 10.6 Å². The number of aromatic nitrogens is 2. The highest BCUT2D eigenvalue weighted by Gasteiger charge is 2.29. The first-order chi connectivity index (χ1) is 11.6. The minimum atomic E-state index is -3.44. The van der Waals surface area contributed by atoms with Crippen molar-refractivity contribution in [1.29, 1.82) is 0 Å². The van der Waals surface area contributed by atoms with E-state index < -0.39 is 10.0 Å². The predicted molar refractivity (Wildman–Crippen MR) is 89.3 cm³/mol. The molecule has 1 saturated heterocycles. The van der Waals surface area contributed by atoms with Crippen molar-refractivity contribution >= 4 is 22.1 Å². The lowest BCUT2D eigenvalue weighted by Crippen LogP contribution is -2.42. The first-order valence-electron chi connectivity index (χ1n) is 7.68. The van der Waals surface area contributed by atoms with Crippen LogP contribution in [0.1, 0.15) is 23.3 Å². The van der Waals surface area contributed by atoms with Gasteiger partial charge in [0.1, 0.15) is 17.8 Å². The number of benzene rings is 1. The summed E-state index contributed by atoms with van der Waals surface area (Å²) in [6.45, 7) is 0.890. The van der Waals surface area contributed by atoms with Crippen LogP contribution in [-0.2, 0) is 10.0 Å². The molecule has 0 unspecified atom stereocenters. The van der Waals surface area contributed by atoms with Crippen LogP contribution in [0.4, 0.5) is 5.82 Å². The molecule has 1 aromatic carbocycles. The first kappa shape index (κ1) is 16.5. The van der Waals surface area contributed by atoms with Gasteiger partial charge in [-0.15, -0.1) is 0 Å². The Kier molecular flexibility index (Phi) is 4.86. The summed E-state index contributed by atoms with van der Waals surface area (Å²) < 4.78 is 26.7. The lowest BCUT2D eigenvalue weighted by atomic mass is 10.1. The van der Waals surface area contributed by atoms with Gasteiger partial charge in [0, 0.05) is 25.2 Å². The van der Waals surface area contributed by atoms with Gasteiger partial charge in [0.2, 0.25) is 10.0 Å². The summed E-state index contributed by atoms with van der Waals surface area (Å²) in [6, 6.07) is 10.2. The lowest BCUT2D eigenvalue weighted by Gasteiger charge is -2.31. The molecule has 3 rings (SSSR count). The van der Waals surface area contributed by atoms with Gasteiger partial charge in [0.05, 0.1) is 4.90 Å². The first-order valence-corrected chi connectivity index (χ1v) is 9.12. The Bertz CT molecular complexity index is 803.